The smallest absolute Gasteiger partial charge is 0.311 e. The van der Waals surface area contributed by atoms with E-state index in [-0.39, 0.29) is 0 Å². The van der Waals surface area contributed by atoms with Crippen LogP contribution in [0, 0.1) is 0 Å². The van der Waals surface area contributed by atoms with E-state index in [1.54, 1.807) is 0 Å². The zero-order chi connectivity index (χ0) is 12.8. The van der Waals surface area contributed by atoms with Gasteiger partial charge in [-0.2, -0.15) is 0 Å². The maximum absolute atomic E-state index is 10.9. The highest BCUT2D eigenvalue weighted by Gasteiger charge is 2.22. The van der Waals surface area contributed by atoms with Crippen molar-refractivity contribution in [2.45, 2.75) is 12.3 Å². The van der Waals surface area contributed by atoms with Crippen molar-refractivity contribution in [3.8, 4) is 0 Å². The summed E-state index contributed by atoms with van der Waals surface area (Å²) in [5.41, 5.74) is 8.89. The Morgan fingerprint density at radius 2 is 1.88 bits per heavy atom. The second-order valence-corrected chi connectivity index (χ2v) is 3.27. The second-order valence-electron chi connectivity index (χ2n) is 3.27. The van der Waals surface area contributed by atoms with Gasteiger partial charge in [-0.15, -0.1) is 0 Å². The highest BCUT2D eigenvalue weighted by molar-refractivity contribution is 5.82. The van der Waals surface area contributed by atoms with Crippen molar-refractivity contribution in [1.82, 2.24) is 0 Å². The molecule has 0 aliphatic heterocycles. The Morgan fingerprint density at radius 1 is 1.29 bits per heavy atom. The molecular formula is C10H9N3O4. The third kappa shape index (κ3) is 3.51. The van der Waals surface area contributed by atoms with Crippen molar-refractivity contribution in [2.24, 2.45) is 5.11 Å². The fourth-order valence-electron chi connectivity index (χ4n) is 1.35. The lowest BCUT2D eigenvalue weighted by atomic mass is 9.96. The molecule has 0 amide bonds. The summed E-state index contributed by atoms with van der Waals surface area (Å²) in [6.45, 7) is 0. The van der Waals surface area contributed by atoms with Crippen LogP contribution in [0.4, 0.5) is 5.69 Å². The van der Waals surface area contributed by atoms with Crippen LogP contribution in [-0.2, 0) is 9.59 Å². The van der Waals surface area contributed by atoms with E-state index in [1.807, 2.05) is 0 Å². The molecule has 2 N–H and O–H groups in total. The molecular weight excluding hydrogens is 226 g/mol. The van der Waals surface area contributed by atoms with E-state index >= 15 is 0 Å². The van der Waals surface area contributed by atoms with Gasteiger partial charge in [0.2, 0.25) is 0 Å². The van der Waals surface area contributed by atoms with Crippen LogP contribution in [0.2, 0.25) is 0 Å². The Bertz CT molecular complexity index is 477. The lowest BCUT2D eigenvalue weighted by Gasteiger charge is -2.09. The van der Waals surface area contributed by atoms with Gasteiger partial charge in [-0.1, -0.05) is 29.4 Å². The molecule has 0 aliphatic carbocycles. The van der Waals surface area contributed by atoms with Gasteiger partial charge in [0.1, 0.15) is 0 Å². The van der Waals surface area contributed by atoms with Crippen LogP contribution in [0.1, 0.15) is 17.9 Å². The van der Waals surface area contributed by atoms with E-state index in [4.69, 9.17) is 15.7 Å². The normalized spacial score (nSPS) is 11.3. The Balaban J connectivity index is 2.98. The average Bonchev–Trinajstić information content (AvgIpc) is 2.27. The van der Waals surface area contributed by atoms with E-state index in [0.717, 1.165) is 0 Å². The Labute approximate surface area is 95.9 Å². The van der Waals surface area contributed by atoms with Gasteiger partial charge < -0.3 is 10.2 Å². The molecule has 7 nitrogen and oxygen atoms in total. The molecule has 1 aromatic rings. The van der Waals surface area contributed by atoms with E-state index < -0.39 is 24.3 Å². The molecule has 0 heterocycles. The molecule has 0 bridgehead atoms. The molecule has 1 rings (SSSR count). The zero-order valence-corrected chi connectivity index (χ0v) is 8.65. The first-order valence-corrected chi connectivity index (χ1v) is 4.64. The maximum atomic E-state index is 10.9. The second kappa shape index (κ2) is 5.53. The average molecular weight is 235 g/mol. The predicted molar refractivity (Wildman–Crippen MR) is 57.9 cm³/mol. The Morgan fingerprint density at radius 3 is 2.29 bits per heavy atom. The van der Waals surface area contributed by atoms with Gasteiger partial charge in [0.05, 0.1) is 12.3 Å². The number of carboxylic acids is 2. The monoisotopic (exact) mass is 235 g/mol. The van der Waals surface area contributed by atoms with Crippen LogP contribution in [0.25, 0.3) is 10.4 Å². The first-order valence-electron chi connectivity index (χ1n) is 4.64. The number of aliphatic carboxylic acids is 2. The third-order valence-corrected chi connectivity index (χ3v) is 2.13. The standard InChI is InChI=1S/C10H9N3O4/c11-13-12-7-3-1-6(2-4-7)8(10(16)17)5-9(14)15/h1-4,8H,5H2,(H,14,15)(H,16,17). The van der Waals surface area contributed by atoms with Gasteiger partial charge in [-0.25, -0.2) is 0 Å². The molecule has 1 unspecified atom stereocenters. The molecule has 0 saturated heterocycles. The van der Waals surface area contributed by atoms with Crippen LogP contribution >= 0.6 is 0 Å². The summed E-state index contributed by atoms with van der Waals surface area (Å²) in [7, 11) is 0. The van der Waals surface area contributed by atoms with Crippen LogP contribution in [0.15, 0.2) is 29.4 Å². The number of rotatable bonds is 5. The molecule has 17 heavy (non-hydrogen) atoms. The quantitative estimate of drug-likeness (QED) is 0.461. The van der Waals surface area contributed by atoms with Gasteiger partial charge in [0.25, 0.3) is 0 Å². The van der Waals surface area contributed by atoms with Crippen molar-refractivity contribution in [2.75, 3.05) is 0 Å². The third-order valence-electron chi connectivity index (χ3n) is 2.13. The van der Waals surface area contributed by atoms with Crippen LogP contribution in [0.3, 0.4) is 0 Å². The first-order chi connectivity index (χ1) is 8.04. The SMILES string of the molecule is [N-]=[N+]=Nc1ccc(C(CC(=O)O)C(=O)O)cc1. The van der Waals surface area contributed by atoms with Crippen molar-refractivity contribution in [1.29, 1.82) is 0 Å². The number of carbonyl (C=O) groups is 2. The van der Waals surface area contributed by atoms with Crippen molar-refractivity contribution < 1.29 is 19.8 Å². The van der Waals surface area contributed by atoms with E-state index in [9.17, 15) is 9.59 Å². The largest absolute Gasteiger partial charge is 0.481 e. The van der Waals surface area contributed by atoms with E-state index in [2.05, 4.69) is 10.0 Å². The highest BCUT2D eigenvalue weighted by Crippen LogP contribution is 2.23. The highest BCUT2D eigenvalue weighted by atomic mass is 16.4. The number of azide groups is 1. The van der Waals surface area contributed by atoms with Gasteiger partial charge in [-0.3, -0.25) is 9.59 Å². The number of hydrogen-bond donors (Lipinski definition) is 2. The minimum atomic E-state index is -1.20. The maximum Gasteiger partial charge on any atom is 0.311 e. The molecule has 0 radical (unpaired) electrons. The fraction of sp³-hybridized carbons (Fsp3) is 0.200. The molecule has 88 valence electrons. The van der Waals surface area contributed by atoms with Gasteiger partial charge in [0, 0.05) is 10.6 Å². The predicted octanol–water partition coefficient (Wildman–Crippen LogP) is 2.27. The van der Waals surface area contributed by atoms with Crippen LogP contribution < -0.4 is 0 Å². The van der Waals surface area contributed by atoms with Crippen LogP contribution in [-0.4, -0.2) is 22.2 Å². The van der Waals surface area contributed by atoms with Crippen LogP contribution in [0.5, 0.6) is 0 Å². The molecule has 0 spiro atoms. The Kier molecular flexibility index (Phi) is 4.08. The lowest BCUT2D eigenvalue weighted by molar-refractivity contribution is -0.145. The minimum absolute atomic E-state index is 0.343. The summed E-state index contributed by atoms with van der Waals surface area (Å²) in [4.78, 5) is 24.0. The molecule has 0 fully saturated rings. The van der Waals surface area contributed by atoms with Gasteiger partial charge >= 0.3 is 11.9 Å². The van der Waals surface area contributed by atoms with E-state index in [1.165, 1.54) is 24.3 Å². The summed E-state index contributed by atoms with van der Waals surface area (Å²) >= 11 is 0. The van der Waals surface area contributed by atoms with E-state index in [0.29, 0.717) is 11.3 Å². The number of carboxylic acid groups (broad SMARTS) is 2. The lowest BCUT2D eigenvalue weighted by Crippen LogP contribution is -2.15. The molecule has 0 saturated carbocycles. The molecule has 1 atom stereocenters. The number of benzene rings is 1. The van der Waals surface area contributed by atoms with Gasteiger partial charge in [0.15, 0.2) is 0 Å². The van der Waals surface area contributed by atoms with Crippen molar-refractivity contribution in [3.63, 3.8) is 0 Å². The summed E-state index contributed by atoms with van der Waals surface area (Å²) in [5.74, 6) is -3.49. The zero-order valence-electron chi connectivity index (χ0n) is 8.65. The van der Waals surface area contributed by atoms with Gasteiger partial charge in [-0.05, 0) is 11.1 Å². The molecule has 7 heteroatoms. The summed E-state index contributed by atoms with van der Waals surface area (Å²) in [5, 5.41) is 20.8. The minimum Gasteiger partial charge on any atom is -0.481 e. The number of hydrogen-bond acceptors (Lipinski definition) is 3. The van der Waals surface area contributed by atoms with Crippen molar-refractivity contribution in [3.05, 3.63) is 40.3 Å². The summed E-state index contributed by atoms with van der Waals surface area (Å²) < 4.78 is 0. The summed E-state index contributed by atoms with van der Waals surface area (Å²) in [6, 6.07) is 5.75. The number of nitrogens with zero attached hydrogens (tertiary/aromatic N) is 3. The topological polar surface area (TPSA) is 123 Å². The first kappa shape index (κ1) is 12.5. The molecule has 0 aliphatic rings. The molecule has 0 aromatic heterocycles. The fourth-order valence-corrected chi connectivity index (χ4v) is 1.35. The van der Waals surface area contributed by atoms with Crippen molar-refractivity contribution >= 4 is 17.6 Å². The Hall–Kier alpha value is -2.53. The summed E-state index contributed by atoms with van der Waals surface area (Å²) in [6.07, 6.45) is -0.490. The molecule has 1 aromatic carbocycles.